The number of aromatic hydroxyl groups is 1. The molecular weight excluding hydrogens is 276 g/mol. The Hall–Kier alpha value is -1.86. The second-order valence-electron chi connectivity index (χ2n) is 3.39. The molecule has 0 aliphatic carbocycles. The van der Waals surface area contributed by atoms with Crippen LogP contribution in [-0.2, 0) is 9.53 Å². The SMILES string of the molecule is CCOC(=O)C(CO)NC(=O)c1cncc(O)c1.Cl. The first kappa shape index (κ1) is 17.1. The number of aliphatic hydroxyl groups excluding tert-OH is 1. The summed E-state index contributed by atoms with van der Waals surface area (Å²) in [6.07, 6.45) is 2.40. The van der Waals surface area contributed by atoms with Gasteiger partial charge in [0.25, 0.3) is 5.91 Å². The summed E-state index contributed by atoms with van der Waals surface area (Å²) in [5, 5.41) is 20.4. The second kappa shape index (κ2) is 8.28. The van der Waals surface area contributed by atoms with Gasteiger partial charge in [0, 0.05) is 6.20 Å². The van der Waals surface area contributed by atoms with Gasteiger partial charge in [-0.15, -0.1) is 12.4 Å². The van der Waals surface area contributed by atoms with Gasteiger partial charge in [0.05, 0.1) is 25.0 Å². The quantitative estimate of drug-likeness (QED) is 0.652. The van der Waals surface area contributed by atoms with Gasteiger partial charge in [0.15, 0.2) is 6.04 Å². The maximum atomic E-state index is 11.7. The first-order chi connectivity index (χ1) is 8.58. The second-order valence-corrected chi connectivity index (χ2v) is 3.39. The van der Waals surface area contributed by atoms with Crippen molar-refractivity contribution in [2.75, 3.05) is 13.2 Å². The van der Waals surface area contributed by atoms with Crippen molar-refractivity contribution >= 4 is 24.3 Å². The lowest BCUT2D eigenvalue weighted by Gasteiger charge is -2.14. The number of nitrogens with zero attached hydrogens (tertiary/aromatic N) is 1. The van der Waals surface area contributed by atoms with E-state index < -0.39 is 24.5 Å². The lowest BCUT2D eigenvalue weighted by molar-refractivity contribution is -0.146. The molecule has 0 saturated carbocycles. The molecule has 3 N–H and O–H groups in total. The number of amides is 1. The average Bonchev–Trinajstić information content (AvgIpc) is 2.35. The third-order valence-electron chi connectivity index (χ3n) is 2.05. The summed E-state index contributed by atoms with van der Waals surface area (Å²) >= 11 is 0. The average molecular weight is 291 g/mol. The van der Waals surface area contributed by atoms with Gasteiger partial charge in [-0.1, -0.05) is 0 Å². The summed E-state index contributed by atoms with van der Waals surface area (Å²) in [4.78, 5) is 26.7. The minimum absolute atomic E-state index is 0. The highest BCUT2D eigenvalue weighted by molar-refractivity contribution is 5.96. The highest BCUT2D eigenvalue weighted by Crippen LogP contribution is 2.08. The van der Waals surface area contributed by atoms with Crippen LogP contribution in [0.2, 0.25) is 0 Å². The topological polar surface area (TPSA) is 109 Å². The van der Waals surface area contributed by atoms with Crippen LogP contribution in [-0.4, -0.2) is 46.3 Å². The van der Waals surface area contributed by atoms with Gasteiger partial charge in [-0.25, -0.2) is 4.79 Å². The standard InChI is InChI=1S/C11H14N2O5.ClH/c1-2-18-11(17)9(6-14)13-10(16)7-3-8(15)5-12-4-7;/h3-5,9,14-15H,2,6H2,1H3,(H,13,16);1H. The maximum absolute atomic E-state index is 11.7. The van der Waals surface area contributed by atoms with Gasteiger partial charge in [0.2, 0.25) is 0 Å². The van der Waals surface area contributed by atoms with Gasteiger partial charge >= 0.3 is 5.97 Å². The molecule has 8 heteroatoms. The van der Waals surface area contributed by atoms with E-state index in [0.29, 0.717) is 0 Å². The highest BCUT2D eigenvalue weighted by Gasteiger charge is 2.21. The number of hydrogen-bond donors (Lipinski definition) is 3. The molecule has 0 fully saturated rings. The lowest BCUT2D eigenvalue weighted by atomic mass is 10.2. The van der Waals surface area contributed by atoms with Crippen LogP contribution in [0.1, 0.15) is 17.3 Å². The molecule has 1 unspecified atom stereocenters. The number of nitrogens with one attached hydrogen (secondary N) is 1. The summed E-state index contributed by atoms with van der Waals surface area (Å²) in [5.74, 6) is -1.52. The predicted molar refractivity (Wildman–Crippen MR) is 68.1 cm³/mol. The molecule has 0 bridgehead atoms. The zero-order valence-electron chi connectivity index (χ0n) is 10.2. The Bertz CT molecular complexity index is 441. The predicted octanol–water partition coefficient (Wildman–Crippen LogP) is -0.137. The molecule has 106 valence electrons. The highest BCUT2D eigenvalue weighted by atomic mass is 35.5. The Labute approximate surface area is 116 Å². The first-order valence-electron chi connectivity index (χ1n) is 5.30. The molecule has 0 aromatic carbocycles. The molecule has 1 atom stereocenters. The molecule has 0 radical (unpaired) electrons. The molecule has 19 heavy (non-hydrogen) atoms. The van der Waals surface area contributed by atoms with E-state index in [-0.39, 0.29) is 30.3 Å². The van der Waals surface area contributed by atoms with Gasteiger partial charge in [-0.3, -0.25) is 9.78 Å². The number of rotatable bonds is 5. The van der Waals surface area contributed by atoms with E-state index >= 15 is 0 Å². The van der Waals surface area contributed by atoms with Gasteiger partial charge in [-0.05, 0) is 13.0 Å². The lowest BCUT2D eigenvalue weighted by Crippen LogP contribution is -2.44. The molecule has 1 aromatic rings. The van der Waals surface area contributed by atoms with Gasteiger partial charge < -0.3 is 20.3 Å². The number of carbonyl (C=O) groups is 2. The molecular formula is C11H15ClN2O5. The van der Waals surface area contributed by atoms with E-state index in [2.05, 4.69) is 15.0 Å². The Morgan fingerprint density at radius 1 is 1.47 bits per heavy atom. The number of esters is 1. The number of hydrogen-bond acceptors (Lipinski definition) is 6. The van der Waals surface area contributed by atoms with Crippen LogP contribution in [0.5, 0.6) is 5.75 Å². The van der Waals surface area contributed by atoms with Crippen molar-refractivity contribution in [3.63, 3.8) is 0 Å². The maximum Gasteiger partial charge on any atom is 0.331 e. The molecule has 1 amide bonds. The Morgan fingerprint density at radius 2 is 2.16 bits per heavy atom. The minimum Gasteiger partial charge on any atom is -0.506 e. The molecule has 1 heterocycles. The van der Waals surface area contributed by atoms with Crippen LogP contribution in [0.15, 0.2) is 18.5 Å². The molecule has 0 spiro atoms. The van der Waals surface area contributed by atoms with E-state index in [9.17, 15) is 9.59 Å². The largest absolute Gasteiger partial charge is 0.506 e. The van der Waals surface area contributed by atoms with Crippen LogP contribution >= 0.6 is 12.4 Å². The number of halogens is 1. The molecule has 7 nitrogen and oxygen atoms in total. The Balaban J connectivity index is 0.00000324. The number of aromatic nitrogens is 1. The number of ether oxygens (including phenoxy) is 1. The van der Waals surface area contributed by atoms with Gasteiger partial charge in [-0.2, -0.15) is 0 Å². The monoisotopic (exact) mass is 290 g/mol. The molecule has 0 saturated heterocycles. The molecule has 1 aromatic heterocycles. The van der Waals surface area contributed by atoms with E-state index in [0.717, 1.165) is 0 Å². The third-order valence-corrected chi connectivity index (χ3v) is 2.05. The van der Waals surface area contributed by atoms with Crippen LogP contribution < -0.4 is 5.32 Å². The van der Waals surface area contributed by atoms with E-state index in [1.54, 1.807) is 6.92 Å². The molecule has 0 aliphatic heterocycles. The minimum atomic E-state index is -1.14. The number of carbonyl (C=O) groups excluding carboxylic acids is 2. The van der Waals surface area contributed by atoms with Crippen molar-refractivity contribution in [3.8, 4) is 5.75 Å². The van der Waals surface area contributed by atoms with Crippen LogP contribution in [0.25, 0.3) is 0 Å². The van der Waals surface area contributed by atoms with Crippen molar-refractivity contribution in [1.82, 2.24) is 10.3 Å². The number of pyridine rings is 1. The van der Waals surface area contributed by atoms with Crippen LogP contribution in [0.3, 0.4) is 0 Å². The summed E-state index contributed by atoms with van der Waals surface area (Å²) in [7, 11) is 0. The zero-order chi connectivity index (χ0) is 13.5. The first-order valence-corrected chi connectivity index (χ1v) is 5.30. The van der Waals surface area contributed by atoms with Crippen molar-refractivity contribution in [2.45, 2.75) is 13.0 Å². The Kier molecular flexibility index (Phi) is 7.47. The van der Waals surface area contributed by atoms with Crippen molar-refractivity contribution < 1.29 is 24.5 Å². The summed E-state index contributed by atoms with van der Waals surface area (Å²) < 4.78 is 4.68. The Morgan fingerprint density at radius 3 is 2.68 bits per heavy atom. The van der Waals surface area contributed by atoms with Crippen molar-refractivity contribution in [1.29, 1.82) is 0 Å². The fraction of sp³-hybridized carbons (Fsp3) is 0.364. The van der Waals surface area contributed by atoms with Gasteiger partial charge in [0.1, 0.15) is 5.75 Å². The van der Waals surface area contributed by atoms with E-state index in [1.807, 2.05) is 0 Å². The molecule has 0 aliphatic rings. The van der Waals surface area contributed by atoms with Crippen LogP contribution in [0, 0.1) is 0 Å². The summed E-state index contributed by atoms with van der Waals surface area (Å²) in [6, 6.07) is 0.0573. The normalized spacial score (nSPS) is 11.1. The van der Waals surface area contributed by atoms with Crippen molar-refractivity contribution in [2.24, 2.45) is 0 Å². The summed E-state index contributed by atoms with van der Waals surface area (Å²) in [6.45, 7) is 1.20. The molecule has 1 rings (SSSR count). The van der Waals surface area contributed by atoms with Crippen LogP contribution in [0.4, 0.5) is 0 Å². The van der Waals surface area contributed by atoms with Crippen molar-refractivity contribution in [3.05, 3.63) is 24.0 Å². The zero-order valence-corrected chi connectivity index (χ0v) is 11.0. The fourth-order valence-electron chi connectivity index (χ4n) is 1.22. The summed E-state index contributed by atoms with van der Waals surface area (Å²) in [5.41, 5.74) is 0.0812. The van der Waals surface area contributed by atoms with E-state index in [1.165, 1.54) is 18.5 Å². The smallest absolute Gasteiger partial charge is 0.331 e. The number of aliphatic hydroxyl groups is 1. The fourth-order valence-corrected chi connectivity index (χ4v) is 1.22. The third kappa shape index (κ3) is 5.11. The van der Waals surface area contributed by atoms with E-state index in [4.69, 9.17) is 10.2 Å².